The number of likely N-dealkylation sites (N-methyl/N-ethyl adjacent to an activating group) is 1. The summed E-state index contributed by atoms with van der Waals surface area (Å²) < 4.78 is 41.3. The maximum absolute atomic E-state index is 13.9. The largest absolute Gasteiger partial charge is 0.481 e. The first-order valence-corrected chi connectivity index (χ1v) is 14.8. The van der Waals surface area contributed by atoms with Gasteiger partial charge in [0.05, 0.1) is 34.8 Å². The predicted octanol–water partition coefficient (Wildman–Crippen LogP) is 4.49. The van der Waals surface area contributed by atoms with Crippen molar-refractivity contribution in [1.29, 1.82) is 0 Å². The lowest BCUT2D eigenvalue weighted by Gasteiger charge is -2.26. The lowest BCUT2D eigenvalue weighted by molar-refractivity contribution is -0.136. The maximum Gasteiger partial charge on any atom is 0.307 e. The summed E-state index contributed by atoms with van der Waals surface area (Å²) in [5.74, 6) is -1.82. The molecule has 0 radical (unpaired) electrons. The van der Waals surface area contributed by atoms with Gasteiger partial charge in [0.2, 0.25) is 10.0 Å². The highest BCUT2D eigenvalue weighted by Crippen LogP contribution is 2.38. The van der Waals surface area contributed by atoms with Gasteiger partial charge in [-0.3, -0.25) is 13.9 Å². The molecule has 41 heavy (non-hydrogen) atoms. The second kappa shape index (κ2) is 12.5. The first-order chi connectivity index (χ1) is 19.5. The van der Waals surface area contributed by atoms with Crippen LogP contribution >= 0.6 is 0 Å². The number of amides is 1. The zero-order valence-electron chi connectivity index (χ0n) is 23.1. The van der Waals surface area contributed by atoms with E-state index in [1.54, 1.807) is 48.5 Å². The Hall–Kier alpha value is -4.22. The minimum atomic E-state index is -3.52. The molecule has 3 aromatic rings. The van der Waals surface area contributed by atoms with Crippen molar-refractivity contribution in [2.45, 2.75) is 19.8 Å². The Balaban J connectivity index is 1.74. The zero-order chi connectivity index (χ0) is 29.7. The van der Waals surface area contributed by atoms with Crippen LogP contribution in [0.3, 0.4) is 0 Å². The number of sulfonamides is 1. The summed E-state index contributed by atoms with van der Waals surface area (Å²) >= 11 is 0. The van der Waals surface area contributed by atoms with Crippen LogP contribution in [-0.2, 0) is 26.0 Å². The van der Waals surface area contributed by atoms with E-state index in [0.717, 1.165) is 0 Å². The topological polar surface area (TPSA) is 119 Å². The Bertz CT molecular complexity index is 1570. The Morgan fingerprint density at radius 1 is 1.00 bits per heavy atom. The summed E-state index contributed by atoms with van der Waals surface area (Å²) in [4.78, 5) is 26.2. The number of fused-ring (bicyclic) bond motifs is 1. The molecule has 0 atom stereocenters. The van der Waals surface area contributed by atoms with Crippen molar-refractivity contribution in [1.82, 2.24) is 4.90 Å². The molecule has 0 fully saturated rings. The van der Waals surface area contributed by atoms with E-state index >= 15 is 0 Å². The first-order valence-electron chi connectivity index (χ1n) is 13.2. The molecule has 0 aromatic heterocycles. The summed E-state index contributed by atoms with van der Waals surface area (Å²) in [6, 6.07) is 17.7. The highest BCUT2D eigenvalue weighted by atomic mass is 32.2. The van der Waals surface area contributed by atoms with Crippen LogP contribution in [0.2, 0.25) is 0 Å². The number of carboxylic acid groups (broad SMARTS) is 1. The quantitative estimate of drug-likeness (QED) is 0.270. The number of hydrogen-bond donors (Lipinski definition) is 3. The third-order valence-corrected chi connectivity index (χ3v) is 8.54. The molecule has 1 heterocycles. The van der Waals surface area contributed by atoms with Gasteiger partial charge >= 0.3 is 5.97 Å². The molecule has 11 heteroatoms. The van der Waals surface area contributed by atoms with Crippen LogP contribution in [0.15, 0.2) is 66.7 Å². The Kier molecular flexibility index (Phi) is 9.09. The van der Waals surface area contributed by atoms with Crippen LogP contribution < -0.4 is 14.9 Å². The van der Waals surface area contributed by atoms with Gasteiger partial charge in [0, 0.05) is 24.3 Å². The number of nitrogens with one attached hydrogen (secondary N) is 2. The molecule has 0 saturated carbocycles. The average molecular weight is 581 g/mol. The van der Waals surface area contributed by atoms with E-state index in [-0.39, 0.29) is 12.2 Å². The fourth-order valence-electron chi connectivity index (χ4n) is 4.58. The van der Waals surface area contributed by atoms with Gasteiger partial charge in [-0.15, -0.1) is 0 Å². The molecule has 9 nitrogen and oxygen atoms in total. The second-order valence-electron chi connectivity index (χ2n) is 10.0. The zero-order valence-corrected chi connectivity index (χ0v) is 24.0. The standard InChI is InChI=1S/C30H33FN4O5S/c1-4-17-41(39,40)35(16-15-34(2)3)24-12-10-23(11-13-24)32-29(21-7-5-20(6-8-21)18-27(36)37)28-25-14-9-22(31)19-26(25)33-30(28)38/h5-14,19,32H,4,15-18H2,1-3H3,(H,33,38)(H,36,37). The molecule has 1 amide bonds. The van der Waals surface area contributed by atoms with E-state index in [1.165, 1.54) is 22.5 Å². The Morgan fingerprint density at radius 2 is 1.68 bits per heavy atom. The van der Waals surface area contributed by atoms with E-state index in [4.69, 9.17) is 5.11 Å². The highest BCUT2D eigenvalue weighted by molar-refractivity contribution is 7.92. The normalized spacial score (nSPS) is 14.0. The van der Waals surface area contributed by atoms with Crippen molar-refractivity contribution in [2.24, 2.45) is 0 Å². The van der Waals surface area contributed by atoms with Gasteiger partial charge in [-0.25, -0.2) is 12.8 Å². The Labute approximate surface area is 239 Å². The first kappa shape index (κ1) is 29.8. The SMILES string of the molecule is CCCS(=O)(=O)N(CCN(C)C)c1ccc(NC(=C2C(=O)Nc3cc(F)ccc32)c2ccc(CC(=O)O)cc2)cc1. The monoisotopic (exact) mass is 580 g/mol. The second-order valence-corrected chi connectivity index (χ2v) is 12.0. The molecule has 1 aliphatic heterocycles. The van der Waals surface area contributed by atoms with Gasteiger partial charge in [0.1, 0.15) is 5.82 Å². The lowest BCUT2D eigenvalue weighted by Crippen LogP contribution is -2.38. The van der Waals surface area contributed by atoms with Crippen molar-refractivity contribution in [3.63, 3.8) is 0 Å². The number of benzene rings is 3. The molecule has 0 bridgehead atoms. The summed E-state index contributed by atoms with van der Waals surface area (Å²) in [5.41, 5.74) is 3.93. The minimum absolute atomic E-state index is 0.0314. The van der Waals surface area contributed by atoms with Crippen molar-refractivity contribution < 1.29 is 27.5 Å². The van der Waals surface area contributed by atoms with Crippen LogP contribution in [0, 0.1) is 5.82 Å². The van der Waals surface area contributed by atoms with Gasteiger partial charge in [0.15, 0.2) is 0 Å². The minimum Gasteiger partial charge on any atom is -0.481 e. The van der Waals surface area contributed by atoms with Crippen molar-refractivity contribution in [3.05, 3.63) is 89.2 Å². The fraction of sp³-hybridized carbons (Fsp3) is 0.267. The Morgan fingerprint density at radius 3 is 2.29 bits per heavy atom. The summed E-state index contributed by atoms with van der Waals surface area (Å²) in [6.45, 7) is 2.67. The number of carboxylic acids is 1. The average Bonchev–Trinajstić information content (AvgIpc) is 3.22. The summed E-state index contributed by atoms with van der Waals surface area (Å²) in [5, 5.41) is 15.1. The number of hydrogen-bond acceptors (Lipinski definition) is 6. The molecule has 3 aromatic carbocycles. The number of aliphatic carboxylic acids is 1. The van der Waals surface area contributed by atoms with Gasteiger partial charge in [-0.1, -0.05) is 31.2 Å². The third-order valence-electron chi connectivity index (χ3n) is 6.55. The number of carbonyl (C=O) groups excluding carboxylic acids is 1. The molecule has 216 valence electrons. The van der Waals surface area contributed by atoms with E-state index in [2.05, 4.69) is 10.6 Å². The van der Waals surface area contributed by atoms with Crippen LogP contribution in [0.25, 0.3) is 11.3 Å². The lowest BCUT2D eigenvalue weighted by atomic mass is 9.98. The molecule has 3 N–H and O–H groups in total. The van der Waals surface area contributed by atoms with Crippen molar-refractivity contribution in [2.75, 3.05) is 47.9 Å². The van der Waals surface area contributed by atoms with Crippen LogP contribution in [0.1, 0.15) is 30.0 Å². The van der Waals surface area contributed by atoms with Gasteiger partial charge in [-0.2, -0.15) is 0 Å². The van der Waals surface area contributed by atoms with Crippen molar-refractivity contribution in [3.8, 4) is 0 Å². The molecule has 0 spiro atoms. The van der Waals surface area contributed by atoms with Crippen molar-refractivity contribution >= 4 is 50.2 Å². The number of halogens is 1. The van der Waals surface area contributed by atoms with Gasteiger partial charge in [0.25, 0.3) is 5.91 Å². The molecular formula is C30H33FN4O5S. The third kappa shape index (κ3) is 7.11. The summed E-state index contributed by atoms with van der Waals surface area (Å²) in [6.07, 6.45) is 0.352. The predicted molar refractivity (Wildman–Crippen MR) is 160 cm³/mol. The maximum atomic E-state index is 13.9. The van der Waals surface area contributed by atoms with Crippen LogP contribution in [0.4, 0.5) is 21.5 Å². The molecule has 0 saturated heterocycles. The number of anilines is 3. The van der Waals surface area contributed by atoms with E-state index in [1.807, 2.05) is 25.9 Å². The van der Waals surface area contributed by atoms with Crippen LogP contribution in [-0.4, -0.2) is 63.2 Å². The summed E-state index contributed by atoms with van der Waals surface area (Å²) in [7, 11) is 0.244. The fourth-order valence-corrected chi connectivity index (χ4v) is 6.12. The van der Waals surface area contributed by atoms with Gasteiger partial charge in [-0.05, 0) is 74.1 Å². The molecule has 4 rings (SSSR count). The molecule has 1 aliphatic rings. The smallest absolute Gasteiger partial charge is 0.307 e. The number of rotatable bonds is 12. The van der Waals surface area contributed by atoms with Crippen LogP contribution in [0.5, 0.6) is 0 Å². The number of carbonyl (C=O) groups is 2. The molecular weight excluding hydrogens is 547 g/mol. The molecule has 0 aliphatic carbocycles. The van der Waals surface area contributed by atoms with Gasteiger partial charge < -0.3 is 20.6 Å². The van der Waals surface area contributed by atoms with E-state index < -0.39 is 27.7 Å². The number of nitrogens with zero attached hydrogens (tertiary/aromatic N) is 2. The molecule has 0 unspecified atom stereocenters. The van der Waals surface area contributed by atoms with E-state index in [9.17, 15) is 22.4 Å². The van der Waals surface area contributed by atoms with E-state index in [0.29, 0.717) is 64.5 Å². The highest BCUT2D eigenvalue weighted by Gasteiger charge is 2.29.